The molecule has 0 unspecified atom stereocenters. The number of amides is 1. The summed E-state index contributed by atoms with van der Waals surface area (Å²) in [6.45, 7) is 4.94. The summed E-state index contributed by atoms with van der Waals surface area (Å²) in [5.41, 5.74) is 0.641. The molecular formula is C18H22N2O3S2. The van der Waals surface area contributed by atoms with Gasteiger partial charge in [0, 0.05) is 18.7 Å². The minimum Gasteiger partial charge on any atom is -0.293 e. The minimum atomic E-state index is -0.442. The first-order chi connectivity index (χ1) is 12.0. The van der Waals surface area contributed by atoms with Gasteiger partial charge in [0.15, 0.2) is 0 Å². The first-order valence-corrected chi connectivity index (χ1v) is 9.68. The van der Waals surface area contributed by atoms with Crippen molar-refractivity contribution in [2.75, 3.05) is 6.54 Å². The Morgan fingerprint density at radius 3 is 2.80 bits per heavy atom. The number of carbonyl (C=O) groups is 1. The highest BCUT2D eigenvalue weighted by molar-refractivity contribution is 8.26. The first-order valence-electron chi connectivity index (χ1n) is 8.46. The van der Waals surface area contributed by atoms with E-state index in [-0.39, 0.29) is 11.6 Å². The van der Waals surface area contributed by atoms with Gasteiger partial charge in [0.1, 0.15) is 4.32 Å². The Balaban J connectivity index is 2.14. The Kier molecular flexibility index (Phi) is 7.13. The maximum Gasteiger partial charge on any atom is 0.270 e. The van der Waals surface area contributed by atoms with Gasteiger partial charge in [-0.05, 0) is 24.0 Å². The monoisotopic (exact) mass is 378 g/mol. The molecule has 0 spiro atoms. The van der Waals surface area contributed by atoms with Crippen molar-refractivity contribution in [2.45, 2.75) is 39.5 Å². The highest BCUT2D eigenvalue weighted by Crippen LogP contribution is 2.34. The van der Waals surface area contributed by atoms with Crippen LogP contribution < -0.4 is 0 Å². The topological polar surface area (TPSA) is 63.5 Å². The van der Waals surface area contributed by atoms with Crippen LogP contribution in [0.2, 0.25) is 0 Å². The Morgan fingerprint density at radius 1 is 1.40 bits per heavy atom. The van der Waals surface area contributed by atoms with E-state index in [0.717, 1.165) is 25.7 Å². The van der Waals surface area contributed by atoms with E-state index in [1.165, 1.54) is 23.9 Å². The van der Waals surface area contributed by atoms with E-state index in [2.05, 4.69) is 13.8 Å². The lowest BCUT2D eigenvalue weighted by Crippen LogP contribution is -2.33. The lowest BCUT2D eigenvalue weighted by atomic mass is 9.99. The molecule has 7 heteroatoms. The zero-order valence-electron chi connectivity index (χ0n) is 14.4. The van der Waals surface area contributed by atoms with Crippen LogP contribution in [0.25, 0.3) is 6.08 Å². The largest absolute Gasteiger partial charge is 0.293 e. The zero-order chi connectivity index (χ0) is 18.4. The van der Waals surface area contributed by atoms with Crippen LogP contribution in [0.5, 0.6) is 0 Å². The molecule has 0 N–H and O–H groups in total. The normalized spacial score (nSPS) is 17.4. The average Bonchev–Trinajstić information content (AvgIpc) is 2.85. The van der Waals surface area contributed by atoms with Gasteiger partial charge in [-0.2, -0.15) is 0 Å². The Labute approximate surface area is 157 Å². The van der Waals surface area contributed by atoms with Gasteiger partial charge < -0.3 is 0 Å². The third kappa shape index (κ3) is 5.12. The SMILES string of the molecule is CCCC[C@H](CC)CN1C(=O)/C(=C/c2cccc([N+](=O)[O-])c2)SC1=S. The number of nitrogens with zero attached hydrogens (tertiary/aromatic N) is 2. The fourth-order valence-corrected chi connectivity index (χ4v) is 3.99. The summed E-state index contributed by atoms with van der Waals surface area (Å²) in [5, 5.41) is 10.9. The number of nitro groups is 1. The van der Waals surface area contributed by atoms with Crippen molar-refractivity contribution >= 4 is 46.0 Å². The smallest absolute Gasteiger partial charge is 0.270 e. The molecule has 2 rings (SSSR count). The number of carbonyl (C=O) groups excluding carboxylic acids is 1. The molecular weight excluding hydrogens is 356 g/mol. The summed E-state index contributed by atoms with van der Waals surface area (Å²) < 4.78 is 0.566. The lowest BCUT2D eigenvalue weighted by Gasteiger charge is -2.21. The molecule has 0 radical (unpaired) electrons. The van der Waals surface area contributed by atoms with Crippen LogP contribution in [0.3, 0.4) is 0 Å². The maximum atomic E-state index is 12.7. The van der Waals surface area contributed by atoms with Crippen LogP contribution in [0, 0.1) is 16.0 Å². The molecule has 1 aliphatic rings. The average molecular weight is 379 g/mol. The van der Waals surface area contributed by atoms with Gasteiger partial charge in [-0.15, -0.1) is 0 Å². The van der Waals surface area contributed by atoms with Crippen molar-refractivity contribution in [3.8, 4) is 0 Å². The molecule has 1 atom stereocenters. The van der Waals surface area contributed by atoms with Gasteiger partial charge >= 0.3 is 0 Å². The Bertz CT molecular complexity index is 703. The molecule has 0 aliphatic carbocycles. The van der Waals surface area contributed by atoms with E-state index >= 15 is 0 Å². The molecule has 25 heavy (non-hydrogen) atoms. The molecule has 1 fully saturated rings. The number of thioether (sulfide) groups is 1. The molecule has 1 saturated heterocycles. The molecule has 0 bridgehead atoms. The summed E-state index contributed by atoms with van der Waals surface area (Å²) in [6.07, 6.45) is 6.08. The predicted molar refractivity (Wildman–Crippen MR) is 106 cm³/mol. The van der Waals surface area contributed by atoms with Crippen LogP contribution in [0.4, 0.5) is 5.69 Å². The van der Waals surface area contributed by atoms with Gasteiger partial charge in [-0.3, -0.25) is 19.8 Å². The molecule has 0 saturated carbocycles. The quantitative estimate of drug-likeness (QED) is 0.275. The third-order valence-corrected chi connectivity index (χ3v) is 5.61. The standard InChI is InChI=1S/C18H22N2O3S2/c1-3-5-7-13(4-2)12-19-17(21)16(25-18(19)24)11-14-8-6-9-15(10-14)20(22)23/h6,8-11,13H,3-5,7,12H2,1-2H3/b16-11-/t13-/m0/s1. The number of rotatable bonds is 8. The molecule has 1 aromatic rings. The van der Waals surface area contributed by atoms with E-state index in [0.29, 0.717) is 27.3 Å². The highest BCUT2D eigenvalue weighted by atomic mass is 32.2. The number of nitro benzene ring substituents is 1. The fraction of sp³-hybridized carbons (Fsp3) is 0.444. The van der Waals surface area contributed by atoms with Crippen molar-refractivity contribution in [1.82, 2.24) is 4.90 Å². The number of non-ortho nitro benzene ring substituents is 1. The van der Waals surface area contributed by atoms with Crippen LogP contribution in [-0.2, 0) is 4.79 Å². The van der Waals surface area contributed by atoms with Crippen LogP contribution in [0.15, 0.2) is 29.2 Å². The van der Waals surface area contributed by atoms with Crippen molar-refractivity contribution in [1.29, 1.82) is 0 Å². The summed E-state index contributed by atoms with van der Waals surface area (Å²) in [7, 11) is 0. The van der Waals surface area contributed by atoms with Crippen LogP contribution in [-0.4, -0.2) is 26.6 Å². The van der Waals surface area contributed by atoms with Crippen molar-refractivity contribution in [3.63, 3.8) is 0 Å². The van der Waals surface area contributed by atoms with E-state index in [1.807, 2.05) is 0 Å². The van der Waals surface area contributed by atoms with E-state index in [1.54, 1.807) is 23.1 Å². The van der Waals surface area contributed by atoms with Crippen molar-refractivity contribution in [3.05, 3.63) is 44.8 Å². The second-order valence-corrected chi connectivity index (χ2v) is 7.74. The van der Waals surface area contributed by atoms with Crippen molar-refractivity contribution < 1.29 is 9.72 Å². The summed E-state index contributed by atoms with van der Waals surface area (Å²) in [6, 6.07) is 6.25. The molecule has 5 nitrogen and oxygen atoms in total. The molecule has 1 amide bonds. The second kappa shape index (κ2) is 9.10. The van der Waals surface area contributed by atoms with E-state index in [4.69, 9.17) is 12.2 Å². The summed E-state index contributed by atoms with van der Waals surface area (Å²) >= 11 is 6.64. The molecule has 0 aromatic heterocycles. The summed E-state index contributed by atoms with van der Waals surface area (Å²) in [4.78, 5) is 25.3. The number of benzene rings is 1. The number of hydrogen-bond acceptors (Lipinski definition) is 5. The van der Waals surface area contributed by atoms with Crippen LogP contribution >= 0.6 is 24.0 Å². The van der Waals surface area contributed by atoms with Crippen molar-refractivity contribution in [2.24, 2.45) is 5.92 Å². The van der Waals surface area contributed by atoms with Crippen LogP contribution in [0.1, 0.15) is 45.1 Å². The predicted octanol–water partition coefficient (Wildman–Crippen LogP) is 5.01. The Hall–Kier alpha value is -1.73. The Morgan fingerprint density at radius 2 is 2.16 bits per heavy atom. The lowest BCUT2D eigenvalue weighted by molar-refractivity contribution is -0.384. The van der Waals surface area contributed by atoms with E-state index in [9.17, 15) is 14.9 Å². The fourth-order valence-electron chi connectivity index (χ4n) is 2.71. The maximum absolute atomic E-state index is 12.7. The molecule has 1 aromatic carbocycles. The first kappa shape index (κ1) is 19.6. The molecule has 134 valence electrons. The summed E-state index contributed by atoms with van der Waals surface area (Å²) in [5.74, 6) is 0.344. The van der Waals surface area contributed by atoms with Gasteiger partial charge in [0.05, 0.1) is 9.83 Å². The number of thiocarbonyl (C=S) groups is 1. The zero-order valence-corrected chi connectivity index (χ0v) is 16.1. The van der Waals surface area contributed by atoms with Gasteiger partial charge in [0.25, 0.3) is 11.6 Å². The van der Waals surface area contributed by atoms with E-state index < -0.39 is 4.92 Å². The van der Waals surface area contributed by atoms with Gasteiger partial charge in [-0.1, -0.05) is 69.2 Å². The van der Waals surface area contributed by atoms with Gasteiger partial charge in [0.2, 0.25) is 0 Å². The highest BCUT2D eigenvalue weighted by Gasteiger charge is 2.33. The number of unbranched alkanes of at least 4 members (excludes halogenated alkanes) is 1. The molecule has 1 aliphatic heterocycles. The third-order valence-electron chi connectivity index (χ3n) is 4.24. The minimum absolute atomic E-state index is 0.00911. The number of hydrogen-bond donors (Lipinski definition) is 0. The second-order valence-electron chi connectivity index (χ2n) is 6.06. The van der Waals surface area contributed by atoms with Gasteiger partial charge in [-0.25, -0.2) is 0 Å². The molecule has 1 heterocycles.